The van der Waals surface area contributed by atoms with Gasteiger partial charge in [0.25, 0.3) is 0 Å². The van der Waals surface area contributed by atoms with Gasteiger partial charge in [-0.15, -0.1) is 0 Å². The van der Waals surface area contributed by atoms with Crippen LogP contribution in [-0.4, -0.2) is 38.2 Å². The maximum absolute atomic E-state index is 10.2. The van der Waals surface area contributed by atoms with E-state index in [-0.39, 0.29) is 12.2 Å². The number of aromatic nitrogens is 3. The first-order valence-electron chi connectivity index (χ1n) is 6.76. The molecule has 0 saturated carbocycles. The third-order valence-corrected chi connectivity index (χ3v) is 3.32. The van der Waals surface area contributed by atoms with Crippen molar-refractivity contribution in [2.75, 3.05) is 0 Å². The molecular formula is C13H23N3O2. The number of aliphatic hydroxyl groups is 1. The van der Waals surface area contributed by atoms with Gasteiger partial charge in [0, 0.05) is 13.0 Å². The molecule has 5 heteroatoms. The van der Waals surface area contributed by atoms with E-state index in [0.717, 1.165) is 25.2 Å². The Morgan fingerprint density at radius 1 is 1.50 bits per heavy atom. The molecule has 0 bridgehead atoms. The molecular weight excluding hydrogens is 230 g/mol. The van der Waals surface area contributed by atoms with E-state index in [0.29, 0.717) is 12.3 Å². The number of nitrogens with zero attached hydrogens (tertiary/aromatic N) is 3. The maximum Gasteiger partial charge on any atom is 0.138 e. The fraction of sp³-hybridized carbons (Fsp3) is 0.846. The molecule has 0 amide bonds. The van der Waals surface area contributed by atoms with Crippen LogP contribution in [0, 0.1) is 5.92 Å². The van der Waals surface area contributed by atoms with Gasteiger partial charge in [-0.25, -0.2) is 9.67 Å². The first-order valence-corrected chi connectivity index (χ1v) is 6.76. The SMILES string of the molecule is CC(C)Cn1ncnc1CC(O)C1CCC(C)O1. The van der Waals surface area contributed by atoms with Crippen LogP contribution in [0.3, 0.4) is 0 Å². The summed E-state index contributed by atoms with van der Waals surface area (Å²) in [6.45, 7) is 7.17. The van der Waals surface area contributed by atoms with Crippen LogP contribution in [0.2, 0.25) is 0 Å². The number of aliphatic hydroxyl groups excluding tert-OH is 1. The number of ether oxygens (including phenoxy) is 1. The lowest BCUT2D eigenvalue weighted by molar-refractivity contribution is -0.0289. The Bertz CT molecular complexity index is 378. The quantitative estimate of drug-likeness (QED) is 0.862. The van der Waals surface area contributed by atoms with Gasteiger partial charge in [-0.05, 0) is 25.7 Å². The molecule has 1 aliphatic heterocycles. The Hall–Kier alpha value is -0.940. The predicted octanol–water partition coefficient (Wildman–Crippen LogP) is 1.41. The third kappa shape index (κ3) is 3.29. The minimum atomic E-state index is -0.481. The minimum Gasteiger partial charge on any atom is -0.390 e. The van der Waals surface area contributed by atoms with Gasteiger partial charge in [0.2, 0.25) is 0 Å². The Balaban J connectivity index is 1.94. The van der Waals surface area contributed by atoms with Gasteiger partial charge in [-0.2, -0.15) is 5.10 Å². The molecule has 0 radical (unpaired) electrons. The standard InChI is InChI=1S/C13H23N3O2/c1-9(2)7-16-13(14-8-15-16)6-11(17)12-5-4-10(3)18-12/h8-12,17H,4-7H2,1-3H3. The normalized spacial score (nSPS) is 25.8. The molecule has 1 aromatic heterocycles. The fourth-order valence-electron chi connectivity index (χ4n) is 2.38. The fourth-order valence-corrected chi connectivity index (χ4v) is 2.38. The van der Waals surface area contributed by atoms with Crippen molar-refractivity contribution in [2.24, 2.45) is 5.92 Å². The number of hydrogen-bond donors (Lipinski definition) is 1. The van der Waals surface area contributed by atoms with E-state index >= 15 is 0 Å². The summed E-state index contributed by atoms with van der Waals surface area (Å²) in [6.07, 6.45) is 3.76. The first kappa shape index (κ1) is 13.5. The summed E-state index contributed by atoms with van der Waals surface area (Å²) >= 11 is 0. The molecule has 2 rings (SSSR count). The highest BCUT2D eigenvalue weighted by Crippen LogP contribution is 2.23. The molecule has 0 spiro atoms. The first-order chi connectivity index (χ1) is 8.56. The summed E-state index contributed by atoms with van der Waals surface area (Å²) in [4.78, 5) is 4.24. The summed E-state index contributed by atoms with van der Waals surface area (Å²) in [5, 5.41) is 14.4. The molecule has 1 fully saturated rings. The molecule has 1 N–H and O–H groups in total. The average molecular weight is 253 g/mol. The van der Waals surface area contributed by atoms with Crippen LogP contribution in [-0.2, 0) is 17.7 Å². The maximum atomic E-state index is 10.2. The minimum absolute atomic E-state index is 0.0517. The summed E-state index contributed by atoms with van der Waals surface area (Å²) < 4.78 is 7.57. The van der Waals surface area contributed by atoms with Crippen LogP contribution < -0.4 is 0 Å². The monoisotopic (exact) mass is 253 g/mol. The Morgan fingerprint density at radius 3 is 2.89 bits per heavy atom. The van der Waals surface area contributed by atoms with Crippen LogP contribution in [0.4, 0.5) is 0 Å². The van der Waals surface area contributed by atoms with Crippen molar-refractivity contribution in [1.82, 2.24) is 14.8 Å². The average Bonchev–Trinajstić information content (AvgIpc) is 2.88. The Labute approximate surface area is 108 Å². The van der Waals surface area contributed by atoms with Crippen LogP contribution in [0.5, 0.6) is 0 Å². The summed E-state index contributed by atoms with van der Waals surface area (Å²) in [5.41, 5.74) is 0. The van der Waals surface area contributed by atoms with Gasteiger partial charge in [0.15, 0.2) is 0 Å². The van der Waals surface area contributed by atoms with E-state index in [9.17, 15) is 5.11 Å². The lowest BCUT2D eigenvalue weighted by Gasteiger charge is -2.18. The second kappa shape index (κ2) is 5.80. The molecule has 0 aliphatic carbocycles. The predicted molar refractivity (Wildman–Crippen MR) is 68.1 cm³/mol. The number of hydrogen-bond acceptors (Lipinski definition) is 4. The van der Waals surface area contributed by atoms with E-state index in [1.54, 1.807) is 6.33 Å². The van der Waals surface area contributed by atoms with Crippen molar-refractivity contribution in [1.29, 1.82) is 0 Å². The highest BCUT2D eigenvalue weighted by Gasteiger charge is 2.29. The van der Waals surface area contributed by atoms with Crippen molar-refractivity contribution in [3.8, 4) is 0 Å². The summed E-state index contributed by atoms with van der Waals surface area (Å²) in [7, 11) is 0. The van der Waals surface area contributed by atoms with Crippen molar-refractivity contribution in [3.63, 3.8) is 0 Å². The molecule has 3 unspecified atom stereocenters. The molecule has 1 saturated heterocycles. The van der Waals surface area contributed by atoms with E-state index in [1.807, 2.05) is 11.6 Å². The molecule has 0 aromatic carbocycles. The highest BCUT2D eigenvalue weighted by atomic mass is 16.5. The van der Waals surface area contributed by atoms with Crippen molar-refractivity contribution >= 4 is 0 Å². The van der Waals surface area contributed by atoms with Crippen LogP contribution in [0.1, 0.15) is 39.4 Å². The molecule has 5 nitrogen and oxygen atoms in total. The van der Waals surface area contributed by atoms with Crippen LogP contribution in [0.15, 0.2) is 6.33 Å². The molecule has 1 aromatic rings. The van der Waals surface area contributed by atoms with Gasteiger partial charge in [-0.3, -0.25) is 0 Å². The zero-order valence-electron chi connectivity index (χ0n) is 11.4. The zero-order chi connectivity index (χ0) is 13.1. The van der Waals surface area contributed by atoms with Crippen LogP contribution in [0.25, 0.3) is 0 Å². The topological polar surface area (TPSA) is 60.2 Å². The van der Waals surface area contributed by atoms with Crippen molar-refractivity contribution in [3.05, 3.63) is 12.2 Å². The third-order valence-electron chi connectivity index (χ3n) is 3.32. The Morgan fingerprint density at radius 2 is 2.28 bits per heavy atom. The van der Waals surface area contributed by atoms with E-state index in [2.05, 4.69) is 23.9 Å². The smallest absolute Gasteiger partial charge is 0.138 e. The lowest BCUT2D eigenvalue weighted by atomic mass is 10.1. The van der Waals surface area contributed by atoms with E-state index < -0.39 is 6.10 Å². The van der Waals surface area contributed by atoms with E-state index in [4.69, 9.17) is 4.74 Å². The largest absolute Gasteiger partial charge is 0.390 e. The summed E-state index contributed by atoms with van der Waals surface area (Å²) in [5.74, 6) is 1.37. The van der Waals surface area contributed by atoms with Crippen molar-refractivity contribution in [2.45, 2.75) is 64.9 Å². The highest BCUT2D eigenvalue weighted by molar-refractivity contribution is 4.91. The second-order valence-corrected chi connectivity index (χ2v) is 5.59. The lowest BCUT2D eigenvalue weighted by Crippen LogP contribution is -2.29. The van der Waals surface area contributed by atoms with Gasteiger partial charge in [0.1, 0.15) is 12.2 Å². The van der Waals surface area contributed by atoms with Gasteiger partial charge < -0.3 is 9.84 Å². The van der Waals surface area contributed by atoms with Gasteiger partial charge in [-0.1, -0.05) is 13.8 Å². The van der Waals surface area contributed by atoms with Crippen molar-refractivity contribution < 1.29 is 9.84 Å². The van der Waals surface area contributed by atoms with Gasteiger partial charge in [0.05, 0.1) is 18.3 Å². The molecule has 102 valence electrons. The van der Waals surface area contributed by atoms with E-state index in [1.165, 1.54) is 0 Å². The van der Waals surface area contributed by atoms with Crippen LogP contribution >= 0.6 is 0 Å². The molecule has 3 atom stereocenters. The molecule has 2 heterocycles. The molecule has 18 heavy (non-hydrogen) atoms. The number of rotatable bonds is 5. The Kier molecular flexibility index (Phi) is 4.35. The second-order valence-electron chi connectivity index (χ2n) is 5.59. The summed E-state index contributed by atoms with van der Waals surface area (Å²) in [6, 6.07) is 0. The van der Waals surface area contributed by atoms with Gasteiger partial charge >= 0.3 is 0 Å². The zero-order valence-corrected chi connectivity index (χ0v) is 11.4. The molecule has 1 aliphatic rings.